The molecule has 1 aliphatic rings. The summed E-state index contributed by atoms with van der Waals surface area (Å²) in [6, 6.07) is 7.40. The van der Waals surface area contributed by atoms with E-state index in [2.05, 4.69) is 16.0 Å². The molecule has 3 atom stereocenters. The van der Waals surface area contributed by atoms with E-state index in [1.807, 2.05) is 32.0 Å². The molecular weight excluding hydrogens is 342 g/mol. The van der Waals surface area contributed by atoms with Gasteiger partial charge in [0.25, 0.3) is 0 Å². The van der Waals surface area contributed by atoms with Gasteiger partial charge in [-0.2, -0.15) is 0 Å². The smallest absolute Gasteiger partial charge is 0.315 e. The van der Waals surface area contributed by atoms with Crippen molar-refractivity contribution in [3.8, 4) is 0 Å². The van der Waals surface area contributed by atoms with Crippen LogP contribution in [-0.4, -0.2) is 43.9 Å². The number of hydrogen-bond acceptors (Lipinski definition) is 4. The average molecular weight is 367 g/mol. The van der Waals surface area contributed by atoms with E-state index in [1.54, 1.807) is 12.1 Å². The van der Waals surface area contributed by atoms with E-state index >= 15 is 0 Å². The second-order valence-electron chi connectivity index (χ2n) is 6.44. The molecule has 25 heavy (non-hydrogen) atoms. The Kier molecular flexibility index (Phi) is 6.41. The number of hydrogen-bond donors (Lipinski definition) is 3. The predicted octanol–water partition coefficient (Wildman–Crippen LogP) is 1.53. The fourth-order valence-corrected chi connectivity index (χ4v) is 4.39. The minimum atomic E-state index is -3.07. The molecule has 1 heterocycles. The Bertz CT molecular complexity index is 706. The van der Waals surface area contributed by atoms with Crippen molar-refractivity contribution < 1.29 is 18.0 Å². The zero-order valence-electron chi connectivity index (χ0n) is 14.5. The molecule has 0 bridgehead atoms. The van der Waals surface area contributed by atoms with Crippen LogP contribution in [0.1, 0.15) is 26.7 Å². The van der Waals surface area contributed by atoms with E-state index in [4.69, 9.17) is 0 Å². The second kappa shape index (κ2) is 8.33. The number of benzene rings is 1. The number of sulfone groups is 1. The molecule has 1 aromatic carbocycles. The lowest BCUT2D eigenvalue weighted by atomic mass is 9.98. The molecule has 0 saturated carbocycles. The monoisotopic (exact) mass is 367 g/mol. The van der Waals surface area contributed by atoms with Crippen molar-refractivity contribution in [3.63, 3.8) is 0 Å². The van der Waals surface area contributed by atoms with E-state index in [9.17, 15) is 18.0 Å². The number of carbonyl (C=O) groups is 2. The van der Waals surface area contributed by atoms with Gasteiger partial charge in [-0.1, -0.05) is 38.5 Å². The maximum absolute atomic E-state index is 12.5. The Hall–Kier alpha value is -2.09. The van der Waals surface area contributed by atoms with Crippen molar-refractivity contribution in [3.05, 3.63) is 30.3 Å². The number of nitrogens with one attached hydrogen (secondary N) is 3. The number of anilines is 1. The summed E-state index contributed by atoms with van der Waals surface area (Å²) >= 11 is 0. The van der Waals surface area contributed by atoms with Crippen molar-refractivity contribution >= 4 is 27.5 Å². The van der Waals surface area contributed by atoms with Gasteiger partial charge in [0.1, 0.15) is 6.04 Å². The van der Waals surface area contributed by atoms with Crippen molar-refractivity contribution in [1.82, 2.24) is 10.6 Å². The maximum atomic E-state index is 12.5. The van der Waals surface area contributed by atoms with Crippen LogP contribution in [0, 0.1) is 5.92 Å². The van der Waals surface area contributed by atoms with Crippen LogP contribution < -0.4 is 16.0 Å². The van der Waals surface area contributed by atoms with Crippen LogP contribution in [0.4, 0.5) is 10.5 Å². The Balaban J connectivity index is 1.97. The molecule has 1 aliphatic heterocycles. The van der Waals surface area contributed by atoms with Crippen LogP contribution >= 0.6 is 0 Å². The van der Waals surface area contributed by atoms with Gasteiger partial charge in [0.05, 0.1) is 11.5 Å². The van der Waals surface area contributed by atoms with Crippen LogP contribution in [0.25, 0.3) is 0 Å². The van der Waals surface area contributed by atoms with E-state index in [-0.39, 0.29) is 23.3 Å². The fourth-order valence-electron chi connectivity index (χ4n) is 2.72. The van der Waals surface area contributed by atoms with E-state index in [1.165, 1.54) is 0 Å². The number of urea groups is 1. The molecule has 1 fully saturated rings. The highest BCUT2D eigenvalue weighted by Crippen LogP contribution is 2.13. The first kappa shape index (κ1) is 19.2. The number of carbonyl (C=O) groups excluding carboxylic acids is 2. The van der Waals surface area contributed by atoms with E-state index in [0.717, 1.165) is 0 Å². The van der Waals surface area contributed by atoms with Crippen LogP contribution in [0.3, 0.4) is 0 Å². The molecule has 2 rings (SSSR count). The Morgan fingerprint density at radius 1 is 1.24 bits per heavy atom. The average Bonchev–Trinajstić information content (AvgIpc) is 2.91. The zero-order valence-corrected chi connectivity index (χ0v) is 15.3. The van der Waals surface area contributed by atoms with Crippen molar-refractivity contribution in [1.29, 1.82) is 0 Å². The van der Waals surface area contributed by atoms with Gasteiger partial charge in [0.2, 0.25) is 5.91 Å². The summed E-state index contributed by atoms with van der Waals surface area (Å²) in [4.78, 5) is 24.7. The third-order valence-corrected chi connectivity index (χ3v) is 6.16. The lowest BCUT2D eigenvalue weighted by Gasteiger charge is -2.24. The highest BCUT2D eigenvalue weighted by molar-refractivity contribution is 7.91. The normalized spacial score (nSPS) is 21.1. The van der Waals surface area contributed by atoms with Crippen LogP contribution in [-0.2, 0) is 14.6 Å². The van der Waals surface area contributed by atoms with Crippen LogP contribution in [0.5, 0.6) is 0 Å². The summed E-state index contributed by atoms with van der Waals surface area (Å²) in [6.45, 7) is 3.83. The van der Waals surface area contributed by atoms with Crippen LogP contribution in [0.2, 0.25) is 0 Å². The molecule has 0 aliphatic carbocycles. The quantitative estimate of drug-likeness (QED) is 0.709. The molecule has 1 saturated heterocycles. The standard InChI is InChI=1S/C17H25N3O4S/c1-3-12(2)15(16(21)18-13-7-5-4-6-8-13)20-17(22)19-14-9-10-25(23,24)11-14/h4-8,12,14-15H,3,9-11H2,1-2H3,(H,18,21)(H2,19,20,22). The highest BCUT2D eigenvalue weighted by atomic mass is 32.2. The molecular formula is C17H25N3O4S. The summed E-state index contributed by atoms with van der Waals surface area (Å²) in [5, 5.41) is 8.13. The lowest BCUT2D eigenvalue weighted by molar-refractivity contribution is -0.119. The van der Waals surface area contributed by atoms with Gasteiger partial charge in [-0.3, -0.25) is 4.79 Å². The minimum absolute atomic E-state index is 0.0510. The number of para-hydroxylation sites is 1. The summed E-state index contributed by atoms with van der Waals surface area (Å²) in [7, 11) is -3.07. The molecule has 3 amide bonds. The molecule has 0 spiro atoms. The Morgan fingerprint density at radius 2 is 1.92 bits per heavy atom. The highest BCUT2D eigenvalue weighted by Gasteiger charge is 2.31. The van der Waals surface area contributed by atoms with Gasteiger partial charge in [-0.05, 0) is 24.5 Å². The molecule has 8 heteroatoms. The molecule has 0 aromatic heterocycles. The summed E-state index contributed by atoms with van der Waals surface area (Å²) < 4.78 is 22.9. The molecule has 1 aromatic rings. The molecule has 0 radical (unpaired) electrons. The van der Waals surface area contributed by atoms with Crippen molar-refractivity contribution in [2.75, 3.05) is 16.8 Å². The second-order valence-corrected chi connectivity index (χ2v) is 8.66. The zero-order chi connectivity index (χ0) is 18.4. The third kappa shape index (κ3) is 5.74. The molecule has 3 unspecified atom stereocenters. The van der Waals surface area contributed by atoms with Crippen molar-refractivity contribution in [2.45, 2.75) is 38.8 Å². The largest absolute Gasteiger partial charge is 0.334 e. The van der Waals surface area contributed by atoms with Crippen LogP contribution in [0.15, 0.2) is 30.3 Å². The minimum Gasteiger partial charge on any atom is -0.334 e. The Labute approximate surface area is 148 Å². The van der Waals surface area contributed by atoms with Crippen molar-refractivity contribution in [2.24, 2.45) is 5.92 Å². The van der Waals surface area contributed by atoms with Gasteiger partial charge >= 0.3 is 6.03 Å². The summed E-state index contributed by atoms with van der Waals surface area (Å²) in [6.07, 6.45) is 1.12. The van der Waals surface area contributed by atoms with Gasteiger partial charge in [-0.25, -0.2) is 13.2 Å². The molecule has 7 nitrogen and oxygen atoms in total. The van der Waals surface area contributed by atoms with Gasteiger partial charge in [-0.15, -0.1) is 0 Å². The number of amides is 3. The molecule has 138 valence electrons. The predicted molar refractivity (Wildman–Crippen MR) is 97.0 cm³/mol. The van der Waals surface area contributed by atoms with Gasteiger partial charge in [0.15, 0.2) is 9.84 Å². The topological polar surface area (TPSA) is 104 Å². The fraction of sp³-hybridized carbons (Fsp3) is 0.529. The SMILES string of the molecule is CCC(C)C(NC(=O)NC1CCS(=O)(=O)C1)C(=O)Nc1ccccc1. The first-order valence-corrected chi connectivity index (χ1v) is 10.3. The van der Waals surface area contributed by atoms with E-state index in [0.29, 0.717) is 18.5 Å². The first-order chi connectivity index (χ1) is 11.8. The van der Waals surface area contributed by atoms with Gasteiger partial charge < -0.3 is 16.0 Å². The molecule has 3 N–H and O–H groups in total. The Morgan fingerprint density at radius 3 is 2.48 bits per heavy atom. The van der Waals surface area contributed by atoms with E-state index < -0.39 is 28.0 Å². The lowest BCUT2D eigenvalue weighted by Crippen LogP contribution is -2.53. The summed E-state index contributed by atoms with van der Waals surface area (Å²) in [5.74, 6) is -0.331. The number of rotatable bonds is 6. The third-order valence-electron chi connectivity index (χ3n) is 4.39. The summed E-state index contributed by atoms with van der Waals surface area (Å²) in [5.41, 5.74) is 0.657. The van der Waals surface area contributed by atoms with Gasteiger partial charge in [0, 0.05) is 11.7 Å². The first-order valence-electron chi connectivity index (χ1n) is 8.44. The maximum Gasteiger partial charge on any atom is 0.315 e.